The first-order chi connectivity index (χ1) is 20.5. The van der Waals surface area contributed by atoms with Crippen molar-refractivity contribution in [3.63, 3.8) is 0 Å². The van der Waals surface area contributed by atoms with Gasteiger partial charge in [0, 0.05) is 12.0 Å². The minimum atomic E-state index is -1.42. The topological polar surface area (TPSA) is 106 Å². The molecule has 0 aliphatic carbocycles. The number of hydrogen-bond donors (Lipinski definition) is 0. The van der Waals surface area contributed by atoms with E-state index in [-0.39, 0.29) is 86.2 Å². The van der Waals surface area contributed by atoms with Gasteiger partial charge in [-0.05, 0) is 68.5 Å². The number of rotatable bonds is 9. The van der Waals surface area contributed by atoms with Crippen LogP contribution in [-0.2, 0) is 13.0 Å². The normalized spacial score (nSPS) is 12.0. The Morgan fingerprint density at radius 1 is 0.955 bits per heavy atom. The SMILES string of the molecule is CCCc1nc(C(C)F)c(-c2ccc(OC(C)(C)C)cc2)c(=O)n1Cc1ccc(-c2ccccc2-c2noc([O-])n2)cc1.[K+]. The number of alkyl halides is 1. The largest absolute Gasteiger partial charge is 1.00 e. The van der Waals surface area contributed by atoms with Gasteiger partial charge < -0.3 is 14.4 Å². The molecular weight excluding hydrogens is 586 g/mol. The predicted octanol–water partition coefficient (Wildman–Crippen LogP) is 3.91. The first kappa shape index (κ1) is 33.7. The molecule has 0 fully saturated rings. The summed E-state index contributed by atoms with van der Waals surface area (Å²) in [7, 11) is 0. The zero-order chi connectivity index (χ0) is 30.7. The summed E-state index contributed by atoms with van der Waals surface area (Å²) in [6.45, 7) is 9.56. The molecule has 2 heterocycles. The van der Waals surface area contributed by atoms with Gasteiger partial charge in [-0.15, -0.1) is 0 Å². The summed E-state index contributed by atoms with van der Waals surface area (Å²) in [6.07, 6.45) is -0.883. The van der Waals surface area contributed by atoms with Gasteiger partial charge in [-0.1, -0.05) is 67.6 Å². The van der Waals surface area contributed by atoms with Gasteiger partial charge in [0.1, 0.15) is 23.3 Å². The van der Waals surface area contributed by atoms with E-state index in [4.69, 9.17) is 9.72 Å². The Hall–Kier alpha value is -3.15. The summed E-state index contributed by atoms with van der Waals surface area (Å²) in [5, 5.41) is 15.2. The van der Waals surface area contributed by atoms with Crippen molar-refractivity contribution < 1.29 is 70.1 Å². The second kappa shape index (κ2) is 14.3. The van der Waals surface area contributed by atoms with Crippen LogP contribution in [0.25, 0.3) is 33.6 Å². The third-order valence-corrected chi connectivity index (χ3v) is 6.87. The summed E-state index contributed by atoms with van der Waals surface area (Å²) in [5.41, 5.74) is 3.59. The molecule has 0 aliphatic rings. The molecule has 1 unspecified atom stereocenters. The Bertz CT molecular complexity index is 1780. The molecule has 0 spiro atoms. The van der Waals surface area contributed by atoms with E-state index in [0.29, 0.717) is 29.1 Å². The van der Waals surface area contributed by atoms with Crippen LogP contribution in [0.5, 0.6) is 11.8 Å². The molecule has 0 bridgehead atoms. The molecule has 8 nitrogen and oxygen atoms in total. The number of benzene rings is 3. The Kier molecular flexibility index (Phi) is 11.0. The first-order valence-electron chi connectivity index (χ1n) is 14.3. The van der Waals surface area contributed by atoms with Gasteiger partial charge in [-0.25, -0.2) is 14.4 Å². The van der Waals surface area contributed by atoms with Crippen molar-refractivity contribution in [3.8, 4) is 45.5 Å². The van der Waals surface area contributed by atoms with Crippen molar-refractivity contribution in [2.45, 2.75) is 65.8 Å². The molecule has 44 heavy (non-hydrogen) atoms. The fraction of sp³-hybridized carbons (Fsp3) is 0.294. The summed E-state index contributed by atoms with van der Waals surface area (Å²) in [6, 6.07) is 22.4. The average Bonchev–Trinajstić information content (AvgIpc) is 3.41. The molecule has 5 rings (SSSR count). The second-order valence-corrected chi connectivity index (χ2v) is 11.4. The van der Waals surface area contributed by atoms with E-state index < -0.39 is 12.2 Å². The van der Waals surface area contributed by atoms with E-state index in [1.54, 1.807) is 28.8 Å². The van der Waals surface area contributed by atoms with Crippen LogP contribution in [-0.4, -0.2) is 25.3 Å². The molecule has 1 atom stereocenters. The van der Waals surface area contributed by atoms with Crippen LogP contribution >= 0.6 is 0 Å². The number of halogens is 1. The molecule has 3 aromatic carbocycles. The molecule has 0 saturated carbocycles. The summed E-state index contributed by atoms with van der Waals surface area (Å²) >= 11 is 0. The zero-order valence-corrected chi connectivity index (χ0v) is 29.0. The van der Waals surface area contributed by atoms with Gasteiger partial charge >= 0.3 is 51.4 Å². The van der Waals surface area contributed by atoms with Gasteiger partial charge in [0.2, 0.25) is 0 Å². The smallest absolute Gasteiger partial charge is 0.528 e. The van der Waals surface area contributed by atoms with E-state index in [9.17, 15) is 14.3 Å². The van der Waals surface area contributed by atoms with Crippen molar-refractivity contribution >= 4 is 0 Å². The Balaban J connectivity index is 0.00000442. The number of hydrogen-bond acceptors (Lipinski definition) is 7. The van der Waals surface area contributed by atoms with Crippen LogP contribution in [0, 0.1) is 0 Å². The van der Waals surface area contributed by atoms with Gasteiger partial charge in [0.05, 0.1) is 17.8 Å². The van der Waals surface area contributed by atoms with E-state index in [2.05, 4.69) is 14.7 Å². The molecule has 2 aromatic heterocycles. The zero-order valence-electron chi connectivity index (χ0n) is 25.9. The summed E-state index contributed by atoms with van der Waals surface area (Å²) in [4.78, 5) is 22.6. The monoisotopic (exact) mass is 620 g/mol. The fourth-order valence-corrected chi connectivity index (χ4v) is 5.02. The maximum absolute atomic E-state index is 14.9. The standard InChI is InChI=1S/C34H35FN4O4.K/c1-6-9-28-36-30(21(2)35)29(24-16-18-25(19-17-24)42-34(3,4)5)32(40)39(28)20-22-12-14-23(15-13-22)26-10-7-8-11-27(26)31-37-33(41)43-38-31;/h7-8,10-19,21H,6,9,20H2,1-5H3,(H,37,38,41);/q;+1/p-1. The van der Waals surface area contributed by atoms with E-state index in [1.807, 2.05) is 76.2 Å². The van der Waals surface area contributed by atoms with Crippen molar-refractivity contribution in [2.75, 3.05) is 0 Å². The number of aromatic nitrogens is 4. The van der Waals surface area contributed by atoms with Crippen molar-refractivity contribution in [1.29, 1.82) is 0 Å². The Morgan fingerprint density at radius 3 is 2.16 bits per heavy atom. The molecule has 0 saturated heterocycles. The van der Waals surface area contributed by atoms with Gasteiger partial charge in [0.25, 0.3) is 5.56 Å². The number of aryl methyl sites for hydroxylation is 1. The number of ether oxygens (including phenoxy) is 1. The van der Waals surface area contributed by atoms with Crippen LogP contribution in [0.15, 0.2) is 82.1 Å². The third-order valence-electron chi connectivity index (χ3n) is 6.87. The van der Waals surface area contributed by atoms with Crippen LogP contribution in [0.3, 0.4) is 0 Å². The number of nitrogens with zero attached hydrogens (tertiary/aromatic N) is 4. The van der Waals surface area contributed by atoms with Crippen LogP contribution in [0.1, 0.15) is 64.3 Å². The molecule has 0 amide bonds. The molecule has 5 aromatic rings. The average molecular weight is 621 g/mol. The van der Waals surface area contributed by atoms with Gasteiger partial charge in [-0.3, -0.25) is 9.36 Å². The second-order valence-electron chi connectivity index (χ2n) is 11.4. The minimum absolute atomic E-state index is 0. The fourth-order valence-electron chi connectivity index (χ4n) is 5.02. The summed E-state index contributed by atoms with van der Waals surface area (Å²) < 4.78 is 27.1. The quantitative estimate of drug-likeness (QED) is 0.230. The van der Waals surface area contributed by atoms with Crippen molar-refractivity contribution in [1.82, 2.24) is 19.7 Å². The molecule has 0 radical (unpaired) electrons. The van der Waals surface area contributed by atoms with Crippen LogP contribution < -0.4 is 66.8 Å². The van der Waals surface area contributed by atoms with Crippen molar-refractivity contribution in [3.05, 3.63) is 100 Å². The van der Waals surface area contributed by atoms with E-state index in [1.165, 1.54) is 6.92 Å². The molecule has 0 aliphatic heterocycles. The maximum atomic E-state index is 14.9. The maximum Gasteiger partial charge on any atom is 1.00 e. The first-order valence-corrected chi connectivity index (χ1v) is 14.3. The van der Waals surface area contributed by atoms with E-state index >= 15 is 0 Å². The van der Waals surface area contributed by atoms with Gasteiger partial charge in [0.15, 0.2) is 11.9 Å². The summed E-state index contributed by atoms with van der Waals surface area (Å²) in [5.74, 6) is 1.43. The van der Waals surface area contributed by atoms with E-state index in [0.717, 1.165) is 23.1 Å². The molecule has 10 heteroatoms. The molecule has 222 valence electrons. The minimum Gasteiger partial charge on any atom is -0.528 e. The Labute approximate surface area is 298 Å². The predicted molar refractivity (Wildman–Crippen MR) is 162 cm³/mol. The Morgan fingerprint density at radius 2 is 1.59 bits per heavy atom. The van der Waals surface area contributed by atoms with Crippen molar-refractivity contribution in [2.24, 2.45) is 0 Å². The molecular formula is C34H34FKN4O4. The molecule has 0 N–H and O–H groups in total. The third kappa shape index (κ3) is 7.73. The van der Waals surface area contributed by atoms with Crippen LogP contribution in [0.4, 0.5) is 4.39 Å². The van der Waals surface area contributed by atoms with Crippen LogP contribution in [0.2, 0.25) is 0 Å². The van der Waals surface area contributed by atoms with Gasteiger partial charge in [-0.2, -0.15) is 5.16 Å².